The molecule has 3 rings (SSSR count). The van der Waals surface area contributed by atoms with Gasteiger partial charge in [-0.2, -0.15) is 5.10 Å². The second-order valence-electron chi connectivity index (χ2n) is 5.33. The monoisotopic (exact) mass is 327 g/mol. The average Bonchev–Trinajstić information content (AvgIpc) is 2.90. The summed E-state index contributed by atoms with van der Waals surface area (Å²) in [7, 11) is 1.78. The Hall–Kier alpha value is -2.89. The maximum atomic E-state index is 12.5. The zero-order valence-corrected chi connectivity index (χ0v) is 13.2. The molecule has 0 saturated carbocycles. The topological polar surface area (TPSA) is 105 Å². The Morgan fingerprint density at radius 1 is 1.38 bits per heavy atom. The van der Waals surface area contributed by atoms with Crippen LogP contribution >= 0.6 is 0 Å². The smallest absolute Gasteiger partial charge is 0.334 e. The number of benzene rings is 1. The van der Waals surface area contributed by atoms with Crippen LogP contribution in [0.4, 0.5) is 10.6 Å². The van der Waals surface area contributed by atoms with Crippen molar-refractivity contribution in [3.05, 3.63) is 23.8 Å². The minimum atomic E-state index is -0.647. The van der Waals surface area contributed by atoms with Crippen molar-refractivity contribution in [2.45, 2.75) is 6.42 Å². The number of aliphatic hydroxyl groups excluding tert-OH is 1. The van der Waals surface area contributed by atoms with Gasteiger partial charge in [0.2, 0.25) is 5.91 Å². The van der Waals surface area contributed by atoms with Crippen LogP contribution in [0, 0.1) is 11.8 Å². The van der Waals surface area contributed by atoms with E-state index in [4.69, 9.17) is 5.73 Å². The zero-order valence-electron chi connectivity index (χ0n) is 13.2. The summed E-state index contributed by atoms with van der Waals surface area (Å²) in [5.74, 6) is 5.79. The molecular formula is C16H17N5O3. The number of nitrogens with zero attached hydrogens (tertiary/aromatic N) is 4. The number of nitrogens with two attached hydrogens (primary N) is 1. The number of urea groups is 1. The molecule has 8 heteroatoms. The molecule has 2 heterocycles. The van der Waals surface area contributed by atoms with E-state index in [9.17, 15) is 14.7 Å². The molecule has 0 unspecified atom stereocenters. The van der Waals surface area contributed by atoms with E-state index in [2.05, 4.69) is 16.9 Å². The molecule has 1 aliphatic heterocycles. The molecule has 3 amide bonds. The van der Waals surface area contributed by atoms with E-state index in [0.29, 0.717) is 5.82 Å². The highest BCUT2D eigenvalue weighted by atomic mass is 16.3. The molecule has 0 atom stereocenters. The van der Waals surface area contributed by atoms with Gasteiger partial charge in [0.1, 0.15) is 6.73 Å². The summed E-state index contributed by atoms with van der Waals surface area (Å²) in [6.45, 7) is -0.165. The minimum Gasteiger partial charge on any atom is -0.376 e. The molecule has 1 aliphatic rings. The van der Waals surface area contributed by atoms with Gasteiger partial charge in [0.15, 0.2) is 5.82 Å². The highest BCUT2D eigenvalue weighted by Crippen LogP contribution is 2.29. The summed E-state index contributed by atoms with van der Waals surface area (Å²) in [5.41, 5.74) is 7.00. The Morgan fingerprint density at radius 2 is 2.17 bits per heavy atom. The lowest BCUT2D eigenvalue weighted by molar-refractivity contribution is -0.131. The van der Waals surface area contributed by atoms with Gasteiger partial charge in [-0.1, -0.05) is 11.8 Å². The van der Waals surface area contributed by atoms with Crippen LogP contribution in [0.15, 0.2) is 18.2 Å². The number of rotatable bonds is 2. The van der Waals surface area contributed by atoms with E-state index < -0.39 is 18.7 Å². The van der Waals surface area contributed by atoms with E-state index in [1.807, 2.05) is 18.2 Å². The van der Waals surface area contributed by atoms with Crippen molar-refractivity contribution in [1.82, 2.24) is 14.7 Å². The number of amides is 3. The first-order valence-electron chi connectivity index (χ1n) is 7.45. The van der Waals surface area contributed by atoms with Crippen molar-refractivity contribution >= 4 is 28.7 Å². The SMILES string of the molecule is Cn1nc(N2CCC(=O)N(CO)C2=O)c2cc(C#CCN)ccc21. The lowest BCUT2D eigenvalue weighted by Gasteiger charge is -2.31. The van der Waals surface area contributed by atoms with Crippen LogP contribution in [0.5, 0.6) is 0 Å². The summed E-state index contributed by atoms with van der Waals surface area (Å²) in [6.07, 6.45) is 0.136. The number of imide groups is 1. The van der Waals surface area contributed by atoms with Crippen molar-refractivity contribution in [2.24, 2.45) is 12.8 Å². The Morgan fingerprint density at radius 3 is 2.88 bits per heavy atom. The van der Waals surface area contributed by atoms with Crippen LogP contribution in [0.1, 0.15) is 12.0 Å². The van der Waals surface area contributed by atoms with Gasteiger partial charge in [0.25, 0.3) is 0 Å². The van der Waals surface area contributed by atoms with E-state index >= 15 is 0 Å². The number of aromatic nitrogens is 2. The summed E-state index contributed by atoms with van der Waals surface area (Å²) >= 11 is 0. The Balaban J connectivity index is 2.08. The number of fused-ring (bicyclic) bond motifs is 1. The van der Waals surface area contributed by atoms with Gasteiger partial charge >= 0.3 is 6.03 Å². The molecule has 3 N–H and O–H groups in total. The van der Waals surface area contributed by atoms with E-state index in [0.717, 1.165) is 21.4 Å². The standard InChI is InChI=1S/C16H17N5O3/c1-19-13-5-4-11(3-2-7-17)9-12(13)15(18-19)20-8-6-14(23)21(10-22)16(20)24/h4-5,9,22H,6-8,10,17H2,1H3. The molecule has 0 bridgehead atoms. The second-order valence-corrected chi connectivity index (χ2v) is 5.33. The first kappa shape index (κ1) is 16.0. The van der Waals surface area contributed by atoms with Crippen molar-refractivity contribution in [1.29, 1.82) is 0 Å². The number of carbonyl (C=O) groups excluding carboxylic acids is 2. The molecule has 0 spiro atoms. The highest BCUT2D eigenvalue weighted by molar-refractivity contribution is 6.08. The van der Waals surface area contributed by atoms with Crippen molar-refractivity contribution in [3.63, 3.8) is 0 Å². The fraction of sp³-hybridized carbons (Fsp3) is 0.312. The molecular weight excluding hydrogens is 310 g/mol. The lowest BCUT2D eigenvalue weighted by atomic mass is 10.1. The molecule has 2 aromatic rings. The summed E-state index contributed by atoms with van der Waals surface area (Å²) in [6, 6.07) is 4.99. The van der Waals surface area contributed by atoms with Crippen molar-refractivity contribution < 1.29 is 14.7 Å². The van der Waals surface area contributed by atoms with Gasteiger partial charge in [-0.15, -0.1) is 0 Å². The van der Waals surface area contributed by atoms with Crippen LogP contribution in [0.3, 0.4) is 0 Å². The first-order valence-corrected chi connectivity index (χ1v) is 7.45. The fourth-order valence-corrected chi connectivity index (χ4v) is 2.70. The largest absolute Gasteiger partial charge is 0.376 e. The molecule has 0 radical (unpaired) electrons. The summed E-state index contributed by atoms with van der Waals surface area (Å²) in [4.78, 5) is 26.4. The fourth-order valence-electron chi connectivity index (χ4n) is 2.70. The molecule has 24 heavy (non-hydrogen) atoms. The van der Waals surface area contributed by atoms with E-state index in [1.165, 1.54) is 4.90 Å². The normalized spacial score (nSPS) is 15.0. The molecule has 124 valence electrons. The predicted octanol–water partition coefficient (Wildman–Crippen LogP) is -0.00800. The van der Waals surface area contributed by atoms with Gasteiger partial charge in [-0.3, -0.25) is 14.4 Å². The van der Waals surface area contributed by atoms with Crippen LogP contribution in [0.25, 0.3) is 10.9 Å². The molecule has 1 aromatic carbocycles. The van der Waals surface area contributed by atoms with Crippen LogP contribution in [0.2, 0.25) is 0 Å². The maximum Gasteiger partial charge on any atom is 0.334 e. The maximum absolute atomic E-state index is 12.5. The molecule has 8 nitrogen and oxygen atoms in total. The number of aliphatic hydroxyl groups is 1. The zero-order chi connectivity index (χ0) is 17.3. The Labute approximate surface area is 138 Å². The quantitative estimate of drug-likeness (QED) is 0.755. The third kappa shape index (κ3) is 2.60. The lowest BCUT2D eigenvalue weighted by Crippen LogP contribution is -2.52. The van der Waals surface area contributed by atoms with Gasteiger partial charge in [-0.05, 0) is 18.2 Å². The minimum absolute atomic E-state index is 0.136. The molecule has 1 saturated heterocycles. The average molecular weight is 327 g/mol. The Bertz CT molecular complexity index is 877. The van der Waals surface area contributed by atoms with Gasteiger partial charge < -0.3 is 10.8 Å². The third-order valence-electron chi connectivity index (χ3n) is 3.87. The number of carbonyl (C=O) groups is 2. The predicted molar refractivity (Wildman–Crippen MR) is 87.9 cm³/mol. The van der Waals surface area contributed by atoms with Crippen molar-refractivity contribution in [3.8, 4) is 11.8 Å². The number of hydrogen-bond acceptors (Lipinski definition) is 5. The highest BCUT2D eigenvalue weighted by Gasteiger charge is 2.34. The van der Waals surface area contributed by atoms with Gasteiger partial charge in [0.05, 0.1) is 12.1 Å². The number of aryl methyl sites for hydroxylation is 1. The van der Waals surface area contributed by atoms with E-state index in [1.54, 1.807) is 11.7 Å². The van der Waals surface area contributed by atoms with Crippen LogP contribution in [-0.4, -0.2) is 51.5 Å². The third-order valence-corrected chi connectivity index (χ3v) is 3.87. The van der Waals surface area contributed by atoms with Gasteiger partial charge in [-0.25, -0.2) is 9.69 Å². The molecule has 1 fully saturated rings. The Kier molecular flexibility index (Phi) is 4.20. The number of hydrogen-bond donors (Lipinski definition) is 2. The van der Waals surface area contributed by atoms with E-state index in [-0.39, 0.29) is 19.5 Å². The second kappa shape index (κ2) is 6.31. The first-order chi connectivity index (χ1) is 11.6. The molecule has 1 aromatic heterocycles. The van der Waals surface area contributed by atoms with Crippen LogP contribution in [-0.2, 0) is 11.8 Å². The van der Waals surface area contributed by atoms with Crippen molar-refractivity contribution in [2.75, 3.05) is 24.7 Å². The number of anilines is 1. The van der Waals surface area contributed by atoms with Gasteiger partial charge in [0, 0.05) is 31.0 Å². The molecule has 0 aliphatic carbocycles. The van der Waals surface area contributed by atoms with Crippen LogP contribution < -0.4 is 10.6 Å². The summed E-state index contributed by atoms with van der Waals surface area (Å²) < 4.78 is 1.66. The summed E-state index contributed by atoms with van der Waals surface area (Å²) in [5, 5.41) is 14.4.